The van der Waals surface area contributed by atoms with Gasteiger partial charge in [0.1, 0.15) is 10.8 Å². The average Bonchev–Trinajstić information content (AvgIpc) is 2.56. The lowest BCUT2D eigenvalue weighted by Gasteiger charge is -2.06. The maximum absolute atomic E-state index is 11.6. The predicted octanol–water partition coefficient (Wildman–Crippen LogP) is 3.52. The molecule has 0 unspecified atom stereocenters. The van der Waals surface area contributed by atoms with Gasteiger partial charge in [-0.05, 0) is 35.1 Å². The molecule has 0 saturated carbocycles. The Labute approximate surface area is 140 Å². The molecule has 120 valence electrons. The molecule has 23 heavy (non-hydrogen) atoms. The fourth-order valence-electron chi connectivity index (χ4n) is 1.47. The SMILES string of the molecule is O=C(NCCSSc1ccccn1)Oc1ccc([N+](=O)[O-])cc1. The third-order valence-electron chi connectivity index (χ3n) is 2.49. The quantitative estimate of drug-likeness (QED) is 0.353. The van der Waals surface area contributed by atoms with Gasteiger partial charge in [-0.3, -0.25) is 10.1 Å². The number of benzene rings is 1. The lowest BCUT2D eigenvalue weighted by atomic mass is 10.3. The van der Waals surface area contributed by atoms with Crippen LogP contribution in [0.4, 0.5) is 10.5 Å². The molecule has 0 atom stereocenters. The highest BCUT2D eigenvalue weighted by Gasteiger charge is 2.07. The molecular weight excluding hydrogens is 338 g/mol. The Morgan fingerprint density at radius 3 is 2.70 bits per heavy atom. The number of hydrogen-bond acceptors (Lipinski definition) is 7. The number of pyridine rings is 1. The van der Waals surface area contributed by atoms with Gasteiger partial charge in [0.25, 0.3) is 5.69 Å². The van der Waals surface area contributed by atoms with Crippen molar-refractivity contribution < 1.29 is 14.5 Å². The molecule has 0 bridgehead atoms. The number of amides is 1. The normalized spacial score (nSPS) is 10.1. The number of nitrogens with one attached hydrogen (secondary N) is 1. The molecule has 0 saturated heterocycles. The molecular formula is C14H13N3O4S2. The Bertz CT molecular complexity index is 653. The van der Waals surface area contributed by atoms with E-state index < -0.39 is 11.0 Å². The van der Waals surface area contributed by atoms with E-state index in [1.165, 1.54) is 35.1 Å². The Hall–Kier alpha value is -2.26. The third-order valence-corrected chi connectivity index (χ3v) is 4.76. The van der Waals surface area contributed by atoms with E-state index in [2.05, 4.69) is 10.3 Å². The summed E-state index contributed by atoms with van der Waals surface area (Å²) in [5.41, 5.74) is -0.0549. The molecule has 9 heteroatoms. The highest BCUT2D eigenvalue weighted by molar-refractivity contribution is 8.76. The average molecular weight is 351 g/mol. The van der Waals surface area contributed by atoms with Crippen LogP contribution in [-0.4, -0.2) is 28.3 Å². The molecule has 0 fully saturated rings. The van der Waals surface area contributed by atoms with E-state index in [9.17, 15) is 14.9 Å². The molecule has 0 aliphatic heterocycles. The van der Waals surface area contributed by atoms with Gasteiger partial charge in [-0.25, -0.2) is 9.78 Å². The molecule has 1 aromatic carbocycles. The molecule has 1 N–H and O–H groups in total. The summed E-state index contributed by atoms with van der Waals surface area (Å²) in [6, 6.07) is 11.0. The van der Waals surface area contributed by atoms with Crippen LogP contribution in [0, 0.1) is 10.1 Å². The minimum atomic E-state index is -0.595. The van der Waals surface area contributed by atoms with E-state index in [0.717, 1.165) is 5.03 Å². The fourth-order valence-corrected chi connectivity index (χ4v) is 3.26. The number of hydrogen-bond donors (Lipinski definition) is 1. The summed E-state index contributed by atoms with van der Waals surface area (Å²) in [5, 5.41) is 14.0. The van der Waals surface area contributed by atoms with E-state index in [0.29, 0.717) is 12.3 Å². The Balaban J connectivity index is 1.64. The molecule has 0 spiro atoms. The van der Waals surface area contributed by atoms with Crippen molar-refractivity contribution >= 4 is 33.4 Å². The second-order valence-electron chi connectivity index (χ2n) is 4.14. The van der Waals surface area contributed by atoms with Gasteiger partial charge in [0.05, 0.1) is 4.92 Å². The van der Waals surface area contributed by atoms with Crippen LogP contribution in [0.5, 0.6) is 5.75 Å². The summed E-state index contributed by atoms with van der Waals surface area (Å²) in [6.07, 6.45) is 1.13. The van der Waals surface area contributed by atoms with Gasteiger partial charge in [0, 0.05) is 30.6 Å². The molecule has 0 radical (unpaired) electrons. The van der Waals surface area contributed by atoms with Crippen molar-refractivity contribution in [2.75, 3.05) is 12.3 Å². The maximum atomic E-state index is 11.6. The Morgan fingerprint density at radius 2 is 2.04 bits per heavy atom. The van der Waals surface area contributed by atoms with Gasteiger partial charge >= 0.3 is 6.09 Å². The van der Waals surface area contributed by atoms with Crippen molar-refractivity contribution in [2.45, 2.75) is 5.03 Å². The van der Waals surface area contributed by atoms with Crippen LogP contribution in [0.25, 0.3) is 0 Å². The summed E-state index contributed by atoms with van der Waals surface area (Å²) >= 11 is 0. The van der Waals surface area contributed by atoms with Crippen LogP contribution in [-0.2, 0) is 0 Å². The van der Waals surface area contributed by atoms with Crippen LogP contribution in [0.15, 0.2) is 53.7 Å². The number of carbonyl (C=O) groups is 1. The number of rotatable bonds is 7. The zero-order valence-electron chi connectivity index (χ0n) is 11.9. The van der Waals surface area contributed by atoms with Crippen LogP contribution in [0.3, 0.4) is 0 Å². The number of nitro benzene ring substituents is 1. The largest absolute Gasteiger partial charge is 0.412 e. The van der Waals surface area contributed by atoms with E-state index >= 15 is 0 Å². The first-order valence-electron chi connectivity index (χ1n) is 6.56. The lowest BCUT2D eigenvalue weighted by Crippen LogP contribution is -2.28. The standard InChI is InChI=1S/C14H13N3O4S2/c18-14(21-12-6-4-11(5-7-12)17(19)20)16-9-10-22-23-13-3-1-2-8-15-13/h1-8H,9-10H2,(H,16,18). The summed E-state index contributed by atoms with van der Waals surface area (Å²) in [7, 11) is 3.10. The first-order chi connectivity index (χ1) is 11.1. The zero-order valence-corrected chi connectivity index (χ0v) is 13.5. The second-order valence-corrected chi connectivity index (χ2v) is 6.58. The molecule has 2 rings (SSSR count). The van der Waals surface area contributed by atoms with Crippen LogP contribution < -0.4 is 10.1 Å². The smallest absolute Gasteiger partial charge is 0.410 e. The lowest BCUT2D eigenvalue weighted by molar-refractivity contribution is -0.384. The topological polar surface area (TPSA) is 94.4 Å². The monoisotopic (exact) mass is 351 g/mol. The maximum Gasteiger partial charge on any atom is 0.412 e. The molecule has 1 aromatic heterocycles. The van der Waals surface area contributed by atoms with Gasteiger partial charge in [-0.1, -0.05) is 16.9 Å². The first-order valence-corrected chi connectivity index (χ1v) is 8.87. The zero-order chi connectivity index (χ0) is 16.5. The van der Waals surface area contributed by atoms with E-state index in [1.54, 1.807) is 17.0 Å². The highest BCUT2D eigenvalue weighted by Crippen LogP contribution is 2.28. The van der Waals surface area contributed by atoms with Gasteiger partial charge in [0.15, 0.2) is 0 Å². The molecule has 0 aliphatic carbocycles. The van der Waals surface area contributed by atoms with Crippen molar-refractivity contribution in [3.63, 3.8) is 0 Å². The van der Waals surface area contributed by atoms with Crippen LogP contribution in [0.2, 0.25) is 0 Å². The molecule has 7 nitrogen and oxygen atoms in total. The van der Waals surface area contributed by atoms with Crippen molar-refractivity contribution in [3.05, 3.63) is 58.8 Å². The van der Waals surface area contributed by atoms with Gasteiger partial charge < -0.3 is 10.1 Å². The summed E-state index contributed by atoms with van der Waals surface area (Å²) in [5.74, 6) is 0.944. The second kappa shape index (κ2) is 9.01. The number of aromatic nitrogens is 1. The Kier molecular flexibility index (Phi) is 6.70. The van der Waals surface area contributed by atoms with Crippen molar-refractivity contribution in [2.24, 2.45) is 0 Å². The molecule has 2 aromatic rings. The first kappa shape index (κ1) is 17.1. The van der Waals surface area contributed by atoms with E-state index in [-0.39, 0.29) is 11.4 Å². The van der Waals surface area contributed by atoms with Crippen LogP contribution >= 0.6 is 21.6 Å². The van der Waals surface area contributed by atoms with Gasteiger partial charge in [-0.2, -0.15) is 0 Å². The summed E-state index contributed by atoms with van der Waals surface area (Å²) in [4.78, 5) is 25.7. The van der Waals surface area contributed by atoms with Crippen molar-refractivity contribution in [1.29, 1.82) is 0 Å². The van der Waals surface area contributed by atoms with Gasteiger partial charge in [-0.15, -0.1) is 0 Å². The highest BCUT2D eigenvalue weighted by atomic mass is 33.1. The molecule has 1 amide bonds. The molecule has 1 heterocycles. The minimum Gasteiger partial charge on any atom is -0.410 e. The van der Waals surface area contributed by atoms with E-state index in [4.69, 9.17) is 4.74 Å². The van der Waals surface area contributed by atoms with Gasteiger partial charge in [0.2, 0.25) is 0 Å². The van der Waals surface area contributed by atoms with Crippen LogP contribution in [0.1, 0.15) is 0 Å². The molecule has 0 aliphatic rings. The van der Waals surface area contributed by atoms with Crippen molar-refractivity contribution in [1.82, 2.24) is 10.3 Å². The number of non-ortho nitro benzene ring substituents is 1. The third kappa shape index (κ3) is 6.17. The van der Waals surface area contributed by atoms with Crippen molar-refractivity contribution in [3.8, 4) is 5.75 Å². The predicted molar refractivity (Wildman–Crippen MR) is 89.7 cm³/mol. The minimum absolute atomic E-state index is 0.0549. The number of nitro groups is 1. The Morgan fingerprint density at radius 1 is 1.26 bits per heavy atom. The number of carbonyl (C=O) groups excluding carboxylic acids is 1. The number of nitrogens with zero attached hydrogens (tertiary/aromatic N) is 2. The summed E-state index contributed by atoms with van der Waals surface area (Å²) in [6.45, 7) is 0.441. The summed E-state index contributed by atoms with van der Waals surface area (Å²) < 4.78 is 5.01. The number of ether oxygens (including phenoxy) is 1. The van der Waals surface area contributed by atoms with E-state index in [1.807, 2.05) is 18.2 Å². The fraction of sp³-hybridized carbons (Fsp3) is 0.143.